The molecule has 1 aromatic heterocycles. The van der Waals surface area contributed by atoms with Crippen molar-refractivity contribution in [1.82, 2.24) is 9.80 Å². The van der Waals surface area contributed by atoms with Gasteiger partial charge in [0.2, 0.25) is 5.76 Å². The molecule has 0 saturated carbocycles. The zero-order valence-electron chi connectivity index (χ0n) is 24.4. The van der Waals surface area contributed by atoms with Crippen molar-refractivity contribution in [2.75, 3.05) is 46.5 Å². The summed E-state index contributed by atoms with van der Waals surface area (Å²) in [6.07, 6.45) is 0.761. The molecule has 6 rings (SSSR count). The maximum atomic E-state index is 14.0. The minimum atomic E-state index is -0.600. The van der Waals surface area contributed by atoms with Crippen molar-refractivity contribution in [2.45, 2.75) is 32.9 Å². The normalized spacial score (nSPS) is 17.1. The van der Waals surface area contributed by atoms with E-state index in [1.54, 1.807) is 12.0 Å². The lowest BCUT2D eigenvalue weighted by Gasteiger charge is -2.29. The van der Waals surface area contributed by atoms with Crippen molar-refractivity contribution in [3.8, 4) is 11.5 Å². The van der Waals surface area contributed by atoms with Crippen molar-refractivity contribution in [3.05, 3.63) is 104 Å². The molecule has 1 fully saturated rings. The van der Waals surface area contributed by atoms with Crippen LogP contribution in [0.25, 0.3) is 11.0 Å². The van der Waals surface area contributed by atoms with Gasteiger partial charge < -0.3 is 23.5 Å². The molecule has 2 aliphatic heterocycles. The van der Waals surface area contributed by atoms with E-state index in [2.05, 4.69) is 4.90 Å². The van der Waals surface area contributed by atoms with Crippen LogP contribution in [0.15, 0.2) is 69.9 Å². The number of methoxy groups -OCH3 is 1. The average Bonchev–Trinajstić information content (AvgIpc) is 3.29. The van der Waals surface area contributed by atoms with Crippen molar-refractivity contribution < 1.29 is 23.4 Å². The number of nitrogens with zero attached hydrogens (tertiary/aromatic N) is 2. The topological polar surface area (TPSA) is 81.5 Å². The van der Waals surface area contributed by atoms with Gasteiger partial charge in [-0.1, -0.05) is 36.4 Å². The molecule has 8 heteroatoms. The molecule has 3 heterocycles. The summed E-state index contributed by atoms with van der Waals surface area (Å²) in [5.41, 5.74) is 4.46. The second-order valence-corrected chi connectivity index (χ2v) is 11.0. The van der Waals surface area contributed by atoms with Crippen LogP contribution in [-0.4, -0.2) is 62.2 Å². The molecule has 1 atom stereocenters. The van der Waals surface area contributed by atoms with Crippen molar-refractivity contribution >= 4 is 16.9 Å². The van der Waals surface area contributed by atoms with E-state index in [0.717, 1.165) is 61.5 Å². The Morgan fingerprint density at radius 3 is 2.43 bits per heavy atom. The Morgan fingerprint density at radius 2 is 1.67 bits per heavy atom. The molecule has 3 aromatic carbocycles. The highest BCUT2D eigenvalue weighted by molar-refractivity contribution is 5.99. The molecule has 0 N–H and O–H groups in total. The van der Waals surface area contributed by atoms with E-state index in [1.165, 1.54) is 0 Å². The zero-order chi connectivity index (χ0) is 29.2. The third-order valence-corrected chi connectivity index (χ3v) is 8.30. The van der Waals surface area contributed by atoms with Crippen molar-refractivity contribution in [1.29, 1.82) is 0 Å². The molecule has 0 aliphatic carbocycles. The molecule has 0 radical (unpaired) electrons. The lowest BCUT2D eigenvalue weighted by molar-refractivity contribution is 0.0353. The van der Waals surface area contributed by atoms with Gasteiger partial charge in [-0.05, 0) is 66.8 Å². The Hall–Kier alpha value is -4.14. The molecule has 1 unspecified atom stereocenters. The van der Waals surface area contributed by atoms with E-state index < -0.39 is 6.04 Å². The van der Waals surface area contributed by atoms with Gasteiger partial charge in [0, 0.05) is 26.2 Å². The lowest BCUT2D eigenvalue weighted by Crippen LogP contribution is -2.38. The fraction of sp³-hybridized carbons (Fsp3) is 0.353. The van der Waals surface area contributed by atoms with Gasteiger partial charge in [0.25, 0.3) is 5.91 Å². The van der Waals surface area contributed by atoms with E-state index in [9.17, 15) is 9.59 Å². The number of rotatable bonds is 9. The van der Waals surface area contributed by atoms with Crippen LogP contribution in [0.4, 0.5) is 0 Å². The molecule has 4 aromatic rings. The number of ether oxygens (including phenoxy) is 3. The van der Waals surface area contributed by atoms with Gasteiger partial charge in [-0.3, -0.25) is 14.5 Å². The first-order chi connectivity index (χ1) is 20.4. The van der Waals surface area contributed by atoms with Crippen LogP contribution >= 0.6 is 0 Å². The SMILES string of the molecule is COc1cc(C2c3c(oc4cc(C)c(C)cc4c3=O)C(=O)N2CCCN2CCOCC2)ccc1OCc1ccccc1. The highest BCUT2D eigenvalue weighted by atomic mass is 16.5. The molecule has 2 aliphatic rings. The van der Waals surface area contributed by atoms with Crippen LogP contribution in [-0.2, 0) is 11.3 Å². The third kappa shape index (κ3) is 5.40. The fourth-order valence-corrected chi connectivity index (χ4v) is 5.85. The maximum Gasteiger partial charge on any atom is 0.290 e. The van der Waals surface area contributed by atoms with Crippen LogP contribution < -0.4 is 14.9 Å². The van der Waals surface area contributed by atoms with E-state index in [-0.39, 0.29) is 17.1 Å². The molecule has 0 spiro atoms. The fourth-order valence-electron chi connectivity index (χ4n) is 5.85. The van der Waals surface area contributed by atoms with Crippen LogP contribution in [0, 0.1) is 13.8 Å². The second-order valence-electron chi connectivity index (χ2n) is 11.0. The zero-order valence-corrected chi connectivity index (χ0v) is 24.4. The number of amides is 1. The monoisotopic (exact) mass is 568 g/mol. The largest absolute Gasteiger partial charge is 0.493 e. The predicted octanol–water partition coefficient (Wildman–Crippen LogP) is 5.26. The summed E-state index contributed by atoms with van der Waals surface area (Å²) in [6.45, 7) is 8.86. The number of hydrogen-bond donors (Lipinski definition) is 0. The first kappa shape index (κ1) is 28.0. The van der Waals surface area contributed by atoms with Gasteiger partial charge in [0.05, 0.1) is 37.3 Å². The average molecular weight is 569 g/mol. The van der Waals surface area contributed by atoms with E-state index in [4.69, 9.17) is 18.6 Å². The number of hydrogen-bond acceptors (Lipinski definition) is 7. The summed E-state index contributed by atoms with van der Waals surface area (Å²) in [5, 5.41) is 0.486. The van der Waals surface area contributed by atoms with Crippen LogP contribution in [0.2, 0.25) is 0 Å². The smallest absolute Gasteiger partial charge is 0.290 e. The number of carbonyl (C=O) groups is 1. The third-order valence-electron chi connectivity index (χ3n) is 8.30. The number of aryl methyl sites for hydroxylation is 2. The standard InChI is InChI=1S/C34H36N2O6/c1-22-18-26-28(19-23(22)2)42-33-30(32(26)37)31(36(34(33)38)13-7-12-35-14-16-40-17-15-35)25-10-11-27(29(20-25)39-3)41-21-24-8-5-4-6-9-24/h4-6,8-11,18-20,31H,7,12-17,21H2,1-3H3. The van der Waals surface area contributed by atoms with Crippen molar-refractivity contribution in [2.24, 2.45) is 0 Å². The van der Waals surface area contributed by atoms with Gasteiger partial charge in [-0.15, -0.1) is 0 Å². The first-order valence-electron chi connectivity index (χ1n) is 14.5. The quantitative estimate of drug-likeness (QED) is 0.272. The van der Waals surface area contributed by atoms with Crippen molar-refractivity contribution in [3.63, 3.8) is 0 Å². The molecular formula is C34H36N2O6. The first-order valence-corrected chi connectivity index (χ1v) is 14.5. The van der Waals surface area contributed by atoms with E-state index in [1.807, 2.05) is 74.5 Å². The Morgan fingerprint density at radius 1 is 0.905 bits per heavy atom. The van der Waals surface area contributed by atoms with Gasteiger partial charge in [0.1, 0.15) is 12.2 Å². The van der Waals surface area contributed by atoms with Gasteiger partial charge in [-0.2, -0.15) is 0 Å². The molecule has 8 nitrogen and oxygen atoms in total. The molecule has 1 saturated heterocycles. The van der Waals surface area contributed by atoms with E-state index in [0.29, 0.717) is 41.2 Å². The van der Waals surface area contributed by atoms with Crippen LogP contribution in [0.5, 0.6) is 11.5 Å². The Labute approximate surface area is 245 Å². The Kier molecular flexibility index (Phi) is 8.00. The highest BCUT2D eigenvalue weighted by Crippen LogP contribution is 2.41. The Bertz CT molecular complexity index is 1660. The van der Waals surface area contributed by atoms with Gasteiger partial charge in [0.15, 0.2) is 16.9 Å². The minimum absolute atomic E-state index is 0.121. The second kappa shape index (κ2) is 12.0. The molecule has 218 valence electrons. The lowest BCUT2D eigenvalue weighted by atomic mass is 9.97. The summed E-state index contributed by atoms with van der Waals surface area (Å²) in [7, 11) is 1.59. The van der Waals surface area contributed by atoms with Crippen LogP contribution in [0.3, 0.4) is 0 Å². The maximum absolute atomic E-state index is 14.0. The summed E-state index contributed by atoms with van der Waals surface area (Å²) in [4.78, 5) is 32.1. The number of benzene rings is 3. The summed E-state index contributed by atoms with van der Waals surface area (Å²) >= 11 is 0. The predicted molar refractivity (Wildman–Crippen MR) is 160 cm³/mol. The number of carbonyl (C=O) groups excluding carboxylic acids is 1. The molecule has 1 amide bonds. The minimum Gasteiger partial charge on any atom is -0.493 e. The number of fused-ring (bicyclic) bond motifs is 2. The van der Waals surface area contributed by atoms with E-state index >= 15 is 0 Å². The Balaban J connectivity index is 1.37. The molecule has 42 heavy (non-hydrogen) atoms. The van der Waals surface area contributed by atoms with Crippen LogP contribution in [0.1, 0.15) is 50.8 Å². The highest BCUT2D eigenvalue weighted by Gasteiger charge is 2.42. The van der Waals surface area contributed by atoms with Gasteiger partial charge >= 0.3 is 0 Å². The summed E-state index contributed by atoms with van der Waals surface area (Å²) in [5.74, 6) is 0.979. The summed E-state index contributed by atoms with van der Waals surface area (Å²) < 4.78 is 23.5. The molecule has 0 bridgehead atoms. The van der Waals surface area contributed by atoms with Gasteiger partial charge in [-0.25, -0.2) is 0 Å². The number of morpholine rings is 1. The summed E-state index contributed by atoms with van der Waals surface area (Å²) in [6, 6.07) is 18.7. The molecular weight excluding hydrogens is 532 g/mol.